The molecule has 24 heavy (non-hydrogen) atoms. The van der Waals surface area contributed by atoms with Crippen molar-refractivity contribution in [3.8, 4) is 0 Å². The molecule has 4 bridgehead atoms. The van der Waals surface area contributed by atoms with Gasteiger partial charge in [-0.15, -0.1) is 0 Å². The van der Waals surface area contributed by atoms with Gasteiger partial charge in [0.2, 0.25) is 0 Å². The van der Waals surface area contributed by atoms with Crippen LogP contribution in [-0.4, -0.2) is 28.2 Å². The van der Waals surface area contributed by atoms with Gasteiger partial charge in [0, 0.05) is 12.6 Å². The highest BCUT2D eigenvalue weighted by atomic mass is 16.4. The first-order chi connectivity index (χ1) is 11.5. The van der Waals surface area contributed by atoms with Gasteiger partial charge in [0.25, 0.3) is 0 Å². The third-order valence-corrected chi connectivity index (χ3v) is 5.79. The van der Waals surface area contributed by atoms with Crippen LogP contribution in [-0.2, 0) is 16.1 Å². The Bertz CT molecular complexity index is 546. The van der Waals surface area contributed by atoms with Gasteiger partial charge in [0.15, 0.2) is 0 Å². The third-order valence-electron chi connectivity index (χ3n) is 5.79. The number of carbonyl (C=O) groups is 2. The predicted octanol–water partition coefficient (Wildman–Crippen LogP) is 2.76. The number of rotatable bonds is 3. The molecule has 0 spiro atoms. The van der Waals surface area contributed by atoms with Crippen LogP contribution in [0.2, 0.25) is 0 Å². The third kappa shape index (κ3) is 3.96. The van der Waals surface area contributed by atoms with Crippen molar-refractivity contribution in [2.75, 3.05) is 0 Å². The Labute approximate surface area is 142 Å². The molecule has 0 saturated heterocycles. The molecule has 0 radical (unpaired) electrons. The monoisotopic (exact) mass is 331 g/mol. The zero-order valence-corrected chi connectivity index (χ0v) is 13.7. The molecule has 4 aliphatic carbocycles. The lowest BCUT2D eigenvalue weighted by Gasteiger charge is -2.54. The Balaban J connectivity index is 0.000000246. The van der Waals surface area contributed by atoms with Crippen molar-refractivity contribution < 1.29 is 19.8 Å². The Morgan fingerprint density at radius 2 is 1.38 bits per heavy atom. The van der Waals surface area contributed by atoms with Gasteiger partial charge < -0.3 is 15.5 Å². The largest absolute Gasteiger partial charge is 0.473 e. The molecule has 0 amide bonds. The van der Waals surface area contributed by atoms with E-state index in [2.05, 4.69) is 35.6 Å². The van der Waals surface area contributed by atoms with E-state index in [0.29, 0.717) is 0 Å². The van der Waals surface area contributed by atoms with Crippen molar-refractivity contribution in [2.45, 2.75) is 44.7 Å². The molecule has 5 heteroatoms. The molecular weight excluding hydrogens is 306 g/mol. The summed E-state index contributed by atoms with van der Waals surface area (Å²) in [6.07, 6.45) is 7.61. The minimum absolute atomic E-state index is 0.818. The zero-order valence-electron chi connectivity index (χ0n) is 13.7. The number of aliphatic carboxylic acids is 2. The summed E-state index contributed by atoms with van der Waals surface area (Å²) >= 11 is 0. The van der Waals surface area contributed by atoms with Gasteiger partial charge in [0.05, 0.1) is 0 Å². The Morgan fingerprint density at radius 1 is 0.875 bits per heavy atom. The van der Waals surface area contributed by atoms with Crippen LogP contribution in [0.5, 0.6) is 0 Å². The molecule has 0 heterocycles. The molecule has 3 N–H and O–H groups in total. The van der Waals surface area contributed by atoms with Crippen LogP contribution in [0, 0.1) is 23.7 Å². The van der Waals surface area contributed by atoms with Crippen molar-refractivity contribution in [1.82, 2.24) is 5.32 Å². The summed E-state index contributed by atoms with van der Waals surface area (Å²) in [5, 5.41) is 18.7. The van der Waals surface area contributed by atoms with Gasteiger partial charge in [-0.05, 0) is 61.3 Å². The van der Waals surface area contributed by atoms with E-state index in [-0.39, 0.29) is 0 Å². The van der Waals surface area contributed by atoms with Crippen LogP contribution in [0.15, 0.2) is 30.3 Å². The lowest BCUT2D eigenvalue weighted by atomic mass is 9.54. The molecule has 0 unspecified atom stereocenters. The second-order valence-electron chi connectivity index (χ2n) is 7.43. The Kier molecular flexibility index (Phi) is 5.19. The summed E-state index contributed by atoms with van der Waals surface area (Å²) in [6.45, 7) is 1.06. The van der Waals surface area contributed by atoms with E-state index in [1.54, 1.807) is 6.42 Å². The smallest absolute Gasteiger partial charge is 0.414 e. The van der Waals surface area contributed by atoms with Crippen LogP contribution >= 0.6 is 0 Å². The van der Waals surface area contributed by atoms with E-state index < -0.39 is 11.9 Å². The average Bonchev–Trinajstić information content (AvgIpc) is 2.55. The van der Waals surface area contributed by atoms with E-state index in [9.17, 15) is 0 Å². The second-order valence-corrected chi connectivity index (χ2v) is 7.43. The molecule has 0 atom stereocenters. The molecule has 5 nitrogen and oxygen atoms in total. The molecule has 130 valence electrons. The molecule has 4 saturated carbocycles. The van der Waals surface area contributed by atoms with Crippen LogP contribution in [0.3, 0.4) is 0 Å². The maximum Gasteiger partial charge on any atom is 0.414 e. The summed E-state index contributed by atoms with van der Waals surface area (Å²) in [7, 11) is 0. The van der Waals surface area contributed by atoms with Crippen molar-refractivity contribution >= 4 is 11.9 Å². The van der Waals surface area contributed by atoms with Gasteiger partial charge in [-0.25, -0.2) is 9.59 Å². The lowest BCUT2D eigenvalue weighted by Crippen LogP contribution is -2.54. The van der Waals surface area contributed by atoms with Crippen molar-refractivity contribution in [2.24, 2.45) is 23.7 Å². The molecule has 0 aliphatic heterocycles. The van der Waals surface area contributed by atoms with E-state index in [0.717, 1.165) is 36.3 Å². The van der Waals surface area contributed by atoms with Gasteiger partial charge in [-0.3, -0.25) is 0 Å². The predicted molar refractivity (Wildman–Crippen MR) is 89.4 cm³/mol. The quantitative estimate of drug-likeness (QED) is 0.742. The van der Waals surface area contributed by atoms with Gasteiger partial charge in [0.1, 0.15) is 0 Å². The number of hydrogen-bond donors (Lipinski definition) is 3. The summed E-state index contributed by atoms with van der Waals surface area (Å²) in [5.74, 6) is 0.504. The summed E-state index contributed by atoms with van der Waals surface area (Å²) in [4.78, 5) is 18.2. The topological polar surface area (TPSA) is 86.6 Å². The number of carboxylic acids is 2. The lowest BCUT2D eigenvalue weighted by molar-refractivity contribution is -0.159. The Morgan fingerprint density at radius 3 is 1.83 bits per heavy atom. The highest BCUT2D eigenvalue weighted by Gasteiger charge is 2.47. The SMILES string of the molecule is O=C(O)C(=O)O.c1ccc(CNC2C3CC4CC(C3)CC2C4)cc1. The fourth-order valence-corrected chi connectivity index (χ4v) is 5.09. The van der Waals surface area contributed by atoms with Crippen LogP contribution in [0.1, 0.15) is 37.7 Å². The average molecular weight is 331 g/mol. The van der Waals surface area contributed by atoms with E-state index >= 15 is 0 Å². The fourth-order valence-electron chi connectivity index (χ4n) is 5.09. The molecular formula is C19H25NO4. The van der Waals surface area contributed by atoms with Crippen LogP contribution in [0.4, 0.5) is 0 Å². The summed E-state index contributed by atoms with van der Waals surface area (Å²) in [5.41, 5.74) is 1.44. The molecule has 4 aliphatic rings. The molecule has 5 rings (SSSR count). The van der Waals surface area contributed by atoms with E-state index in [4.69, 9.17) is 19.8 Å². The van der Waals surface area contributed by atoms with E-state index in [1.807, 2.05) is 0 Å². The minimum atomic E-state index is -1.82. The summed E-state index contributed by atoms with van der Waals surface area (Å²) < 4.78 is 0. The minimum Gasteiger partial charge on any atom is -0.473 e. The highest BCUT2D eigenvalue weighted by molar-refractivity contribution is 6.27. The first-order valence-electron chi connectivity index (χ1n) is 8.76. The first-order valence-corrected chi connectivity index (χ1v) is 8.76. The molecule has 4 fully saturated rings. The second kappa shape index (κ2) is 7.34. The molecule has 1 aromatic carbocycles. The van der Waals surface area contributed by atoms with Crippen LogP contribution < -0.4 is 5.32 Å². The number of carboxylic acid groups (broad SMARTS) is 2. The van der Waals surface area contributed by atoms with E-state index in [1.165, 1.54) is 31.2 Å². The fraction of sp³-hybridized carbons (Fsp3) is 0.579. The first kappa shape index (κ1) is 17.0. The standard InChI is InChI=1S/C17H23N.C2H2O4/c1-2-4-12(5-3-1)11-18-17-15-7-13-6-14(9-15)10-16(17)8-13;3-1(4)2(5)6/h1-5,13-18H,6-11H2;(H,3,4)(H,5,6). The van der Waals surface area contributed by atoms with Crippen LogP contribution in [0.25, 0.3) is 0 Å². The van der Waals surface area contributed by atoms with Crippen molar-refractivity contribution in [3.63, 3.8) is 0 Å². The number of nitrogens with one attached hydrogen (secondary N) is 1. The highest BCUT2D eigenvalue weighted by Crippen LogP contribution is 2.53. The normalized spacial score (nSPS) is 32.8. The van der Waals surface area contributed by atoms with Gasteiger partial charge in [-0.1, -0.05) is 30.3 Å². The Hall–Kier alpha value is -1.88. The number of benzene rings is 1. The molecule has 1 aromatic rings. The van der Waals surface area contributed by atoms with Gasteiger partial charge in [-0.2, -0.15) is 0 Å². The van der Waals surface area contributed by atoms with Crippen molar-refractivity contribution in [3.05, 3.63) is 35.9 Å². The molecule has 0 aromatic heterocycles. The maximum atomic E-state index is 9.10. The zero-order chi connectivity index (χ0) is 17.1. The number of hydrogen-bond acceptors (Lipinski definition) is 3. The summed E-state index contributed by atoms with van der Waals surface area (Å²) in [6, 6.07) is 11.7. The van der Waals surface area contributed by atoms with Gasteiger partial charge >= 0.3 is 11.9 Å². The van der Waals surface area contributed by atoms with Crippen molar-refractivity contribution in [1.29, 1.82) is 0 Å². The maximum absolute atomic E-state index is 9.10.